The predicted octanol–water partition coefficient (Wildman–Crippen LogP) is 3.59. The normalized spacial score (nSPS) is 16.7. The average molecular weight is 398 g/mol. The molecule has 2 N–H and O–H groups in total. The van der Waals surface area contributed by atoms with Gasteiger partial charge in [0.25, 0.3) is 5.91 Å². The molecule has 3 rings (SSSR count). The van der Waals surface area contributed by atoms with Crippen LogP contribution < -0.4 is 10.1 Å². The fraction of sp³-hybridized carbons (Fsp3) is 0.478. The van der Waals surface area contributed by atoms with Crippen molar-refractivity contribution in [2.45, 2.75) is 53.2 Å². The van der Waals surface area contributed by atoms with Crippen LogP contribution in [0.4, 0.5) is 0 Å². The van der Waals surface area contributed by atoms with Crippen LogP contribution in [-0.2, 0) is 11.3 Å². The van der Waals surface area contributed by atoms with Gasteiger partial charge in [-0.25, -0.2) is 0 Å². The first-order valence-corrected chi connectivity index (χ1v) is 10.3. The molecule has 2 heterocycles. The highest BCUT2D eigenvalue weighted by Crippen LogP contribution is 2.21. The maximum Gasteiger partial charge on any atom is 0.270 e. The third-order valence-electron chi connectivity index (χ3n) is 5.20. The summed E-state index contributed by atoms with van der Waals surface area (Å²) in [6, 6.07) is 9.74. The van der Waals surface area contributed by atoms with Gasteiger partial charge >= 0.3 is 0 Å². The van der Waals surface area contributed by atoms with E-state index in [1.165, 1.54) is 0 Å². The lowest BCUT2D eigenvalue weighted by Crippen LogP contribution is -2.45. The van der Waals surface area contributed by atoms with Crippen molar-refractivity contribution in [3.05, 3.63) is 52.8 Å². The average Bonchev–Trinajstić information content (AvgIpc) is 3.04. The summed E-state index contributed by atoms with van der Waals surface area (Å²) in [6.07, 6.45) is 1.78. The number of piperidine rings is 1. The topological polar surface area (TPSA) is 74.4 Å². The van der Waals surface area contributed by atoms with Gasteiger partial charge in [-0.2, -0.15) is 0 Å². The molecule has 1 atom stereocenters. The third-order valence-corrected chi connectivity index (χ3v) is 5.20. The molecule has 1 aromatic heterocycles. The van der Waals surface area contributed by atoms with Gasteiger partial charge in [-0.05, 0) is 69.9 Å². The van der Waals surface area contributed by atoms with E-state index < -0.39 is 0 Å². The number of nitrogens with one attached hydrogen (secondary N) is 2. The molecule has 0 spiro atoms. The van der Waals surface area contributed by atoms with Crippen molar-refractivity contribution >= 4 is 11.8 Å². The van der Waals surface area contributed by atoms with Gasteiger partial charge in [0.15, 0.2) is 0 Å². The van der Waals surface area contributed by atoms with Crippen molar-refractivity contribution in [1.82, 2.24) is 15.2 Å². The lowest BCUT2D eigenvalue weighted by molar-refractivity contribution is -0.126. The van der Waals surface area contributed by atoms with Gasteiger partial charge in [-0.15, -0.1) is 0 Å². The minimum absolute atomic E-state index is 0.00407. The van der Waals surface area contributed by atoms with Crippen LogP contribution in [0.5, 0.6) is 5.75 Å². The molecule has 0 bridgehead atoms. The Bertz CT molecular complexity index is 855. The van der Waals surface area contributed by atoms with Crippen LogP contribution in [0, 0.1) is 19.8 Å². The zero-order valence-electron chi connectivity index (χ0n) is 17.7. The number of hydrogen-bond donors (Lipinski definition) is 2. The molecule has 1 fully saturated rings. The quantitative estimate of drug-likeness (QED) is 0.782. The fourth-order valence-electron chi connectivity index (χ4n) is 3.78. The highest BCUT2D eigenvalue weighted by molar-refractivity contribution is 5.94. The molecule has 2 amide bonds. The van der Waals surface area contributed by atoms with Gasteiger partial charge in [0.2, 0.25) is 5.91 Å². The Hall–Kier alpha value is -2.76. The first-order chi connectivity index (χ1) is 13.8. The molecule has 1 aliphatic heterocycles. The van der Waals surface area contributed by atoms with Gasteiger partial charge in [-0.3, -0.25) is 9.59 Å². The summed E-state index contributed by atoms with van der Waals surface area (Å²) in [4.78, 5) is 30.5. The molecule has 29 heavy (non-hydrogen) atoms. The summed E-state index contributed by atoms with van der Waals surface area (Å²) in [5, 5.41) is 3.02. The van der Waals surface area contributed by atoms with Gasteiger partial charge in [0.1, 0.15) is 11.4 Å². The molecule has 1 saturated heterocycles. The number of ether oxygens (including phenoxy) is 1. The number of carbonyl (C=O) groups is 2. The van der Waals surface area contributed by atoms with Crippen LogP contribution in [0.15, 0.2) is 30.3 Å². The van der Waals surface area contributed by atoms with E-state index in [1.54, 1.807) is 4.90 Å². The van der Waals surface area contributed by atoms with Gasteiger partial charge in [0.05, 0.1) is 12.0 Å². The number of aromatic amines is 1. The maximum atomic E-state index is 12.8. The molecule has 1 aromatic carbocycles. The van der Waals surface area contributed by atoms with Gasteiger partial charge in [0, 0.05) is 25.3 Å². The highest BCUT2D eigenvalue weighted by atomic mass is 16.5. The van der Waals surface area contributed by atoms with Crippen LogP contribution in [-0.4, -0.2) is 40.9 Å². The van der Waals surface area contributed by atoms with Crippen molar-refractivity contribution < 1.29 is 14.3 Å². The summed E-state index contributed by atoms with van der Waals surface area (Å²) in [7, 11) is 0. The standard InChI is InChI=1S/C23H31N3O3/c1-15(2)29-20-9-7-18(8-10-20)13-24-22(27)19-6-5-11-26(14-19)23(28)21-16(3)12-17(4)25-21/h7-10,12,15,19,25H,5-6,11,13-14H2,1-4H3,(H,24,27). The van der Waals surface area contributed by atoms with E-state index >= 15 is 0 Å². The minimum Gasteiger partial charge on any atom is -0.491 e. The van der Waals surface area contributed by atoms with Crippen molar-refractivity contribution in [3.8, 4) is 5.75 Å². The Labute approximate surface area is 172 Å². The number of benzene rings is 1. The zero-order valence-corrected chi connectivity index (χ0v) is 17.7. The number of hydrogen-bond acceptors (Lipinski definition) is 3. The Morgan fingerprint density at radius 1 is 1.24 bits per heavy atom. The van der Waals surface area contributed by atoms with E-state index in [1.807, 2.05) is 58.0 Å². The summed E-state index contributed by atoms with van der Waals surface area (Å²) in [5.74, 6) is 0.636. The van der Waals surface area contributed by atoms with E-state index in [4.69, 9.17) is 4.74 Å². The van der Waals surface area contributed by atoms with E-state index in [2.05, 4.69) is 10.3 Å². The number of rotatable bonds is 6. The third kappa shape index (κ3) is 5.40. The van der Waals surface area contributed by atoms with E-state index in [0.717, 1.165) is 35.4 Å². The predicted molar refractivity (Wildman–Crippen MR) is 113 cm³/mol. The minimum atomic E-state index is -0.174. The monoisotopic (exact) mass is 397 g/mol. The number of carbonyl (C=O) groups excluding carboxylic acids is 2. The molecule has 156 valence electrons. The summed E-state index contributed by atoms with van der Waals surface area (Å²) in [6.45, 7) is 9.48. The molecule has 1 aliphatic rings. The SMILES string of the molecule is Cc1cc(C)c(C(=O)N2CCCC(C(=O)NCc3ccc(OC(C)C)cc3)C2)[nH]1. The molecule has 6 nitrogen and oxygen atoms in total. The number of aryl methyl sites for hydroxylation is 2. The molecule has 0 saturated carbocycles. The van der Waals surface area contributed by atoms with Crippen molar-refractivity contribution in [2.24, 2.45) is 5.92 Å². The Kier molecular flexibility index (Phi) is 6.62. The molecular weight excluding hydrogens is 366 g/mol. The second kappa shape index (κ2) is 9.16. The van der Waals surface area contributed by atoms with E-state index in [9.17, 15) is 9.59 Å². The zero-order chi connectivity index (χ0) is 21.0. The molecule has 0 aliphatic carbocycles. The van der Waals surface area contributed by atoms with Crippen LogP contribution in [0.3, 0.4) is 0 Å². The Morgan fingerprint density at radius 3 is 2.59 bits per heavy atom. The molecule has 0 radical (unpaired) electrons. The number of aromatic nitrogens is 1. The largest absolute Gasteiger partial charge is 0.491 e. The molecule has 1 unspecified atom stereocenters. The second-order valence-electron chi connectivity index (χ2n) is 8.13. The molecule has 6 heteroatoms. The highest BCUT2D eigenvalue weighted by Gasteiger charge is 2.29. The fourth-order valence-corrected chi connectivity index (χ4v) is 3.78. The maximum absolute atomic E-state index is 12.8. The van der Waals surface area contributed by atoms with Crippen LogP contribution in [0.2, 0.25) is 0 Å². The van der Waals surface area contributed by atoms with Gasteiger partial charge in [-0.1, -0.05) is 12.1 Å². The smallest absolute Gasteiger partial charge is 0.270 e. The molecule has 2 aromatic rings. The Balaban J connectivity index is 1.54. The summed E-state index contributed by atoms with van der Waals surface area (Å²) < 4.78 is 5.64. The van der Waals surface area contributed by atoms with Gasteiger partial charge < -0.3 is 19.9 Å². The summed E-state index contributed by atoms with van der Waals surface area (Å²) >= 11 is 0. The first kappa shape index (κ1) is 21.0. The number of H-pyrrole nitrogens is 1. The van der Waals surface area contributed by atoms with Crippen LogP contribution in [0.25, 0.3) is 0 Å². The van der Waals surface area contributed by atoms with Crippen molar-refractivity contribution in [3.63, 3.8) is 0 Å². The second-order valence-corrected chi connectivity index (χ2v) is 8.13. The number of likely N-dealkylation sites (tertiary alicyclic amines) is 1. The number of nitrogens with zero attached hydrogens (tertiary/aromatic N) is 1. The first-order valence-electron chi connectivity index (χ1n) is 10.3. The number of amides is 2. The lowest BCUT2D eigenvalue weighted by Gasteiger charge is -2.32. The van der Waals surface area contributed by atoms with Crippen molar-refractivity contribution in [2.75, 3.05) is 13.1 Å². The Morgan fingerprint density at radius 2 is 1.97 bits per heavy atom. The van der Waals surface area contributed by atoms with E-state index in [0.29, 0.717) is 25.3 Å². The lowest BCUT2D eigenvalue weighted by atomic mass is 9.96. The summed E-state index contributed by atoms with van der Waals surface area (Å²) in [5.41, 5.74) is 3.58. The van der Waals surface area contributed by atoms with E-state index in [-0.39, 0.29) is 23.8 Å². The van der Waals surface area contributed by atoms with Crippen molar-refractivity contribution in [1.29, 1.82) is 0 Å². The van der Waals surface area contributed by atoms with Crippen LogP contribution >= 0.6 is 0 Å². The van der Waals surface area contributed by atoms with Crippen LogP contribution in [0.1, 0.15) is 54.0 Å². The molecular formula is C23H31N3O3.